The highest BCUT2D eigenvalue weighted by Gasteiger charge is 2.34. The topological polar surface area (TPSA) is 95.9 Å². The van der Waals surface area contributed by atoms with Crippen LogP contribution in [0.5, 0.6) is 5.75 Å². The van der Waals surface area contributed by atoms with Crippen molar-refractivity contribution >= 4 is 23.5 Å². The van der Waals surface area contributed by atoms with Gasteiger partial charge >= 0.3 is 5.97 Å². The Kier molecular flexibility index (Phi) is 6.32. The van der Waals surface area contributed by atoms with E-state index in [1.807, 2.05) is 24.3 Å². The highest BCUT2D eigenvalue weighted by Crippen LogP contribution is 2.33. The van der Waals surface area contributed by atoms with Crippen LogP contribution in [0.2, 0.25) is 0 Å². The second-order valence-corrected chi connectivity index (χ2v) is 8.21. The fourth-order valence-corrected chi connectivity index (χ4v) is 3.85. The lowest BCUT2D eigenvalue weighted by Gasteiger charge is -2.24. The zero-order valence-corrected chi connectivity index (χ0v) is 17.9. The average molecular weight is 438 g/mol. The van der Waals surface area contributed by atoms with Gasteiger partial charge in [0.05, 0.1) is 14.4 Å². The number of nitrogens with one attached hydrogen (secondary N) is 1. The first-order valence-corrected chi connectivity index (χ1v) is 11.0. The van der Waals surface area contributed by atoms with Crippen LogP contribution in [0.4, 0.5) is 5.69 Å². The SMILES string of the molecule is [2H]C1(N(Cc2ccccc2OCCCCCC(=O)O)C(=O)c2ccc3c(c2)CC(=O)N3)CC1. The van der Waals surface area contributed by atoms with E-state index in [1.165, 1.54) is 0 Å². The molecular weight excluding hydrogens is 408 g/mol. The van der Waals surface area contributed by atoms with Crippen molar-refractivity contribution in [2.24, 2.45) is 0 Å². The van der Waals surface area contributed by atoms with E-state index >= 15 is 0 Å². The molecule has 0 spiro atoms. The third-order valence-electron chi connectivity index (χ3n) is 5.67. The number of fused-ring (bicyclic) bond motifs is 1. The second-order valence-electron chi connectivity index (χ2n) is 8.21. The van der Waals surface area contributed by atoms with Crippen LogP contribution in [0.1, 0.15) is 61.4 Å². The maximum Gasteiger partial charge on any atom is 0.303 e. The van der Waals surface area contributed by atoms with Gasteiger partial charge in [-0.2, -0.15) is 0 Å². The average Bonchev–Trinajstić information content (AvgIpc) is 3.42. The number of ether oxygens (including phenoxy) is 1. The first kappa shape index (κ1) is 20.5. The van der Waals surface area contributed by atoms with E-state index in [1.54, 1.807) is 23.1 Å². The first-order chi connectivity index (χ1) is 15.9. The lowest BCUT2D eigenvalue weighted by molar-refractivity contribution is -0.137. The number of carbonyl (C=O) groups is 3. The third kappa shape index (κ3) is 5.46. The van der Waals surface area contributed by atoms with Crippen LogP contribution in [0.25, 0.3) is 0 Å². The van der Waals surface area contributed by atoms with Gasteiger partial charge in [-0.25, -0.2) is 0 Å². The monoisotopic (exact) mass is 437 g/mol. The number of nitrogens with zero attached hydrogens (tertiary/aromatic N) is 1. The number of carbonyl (C=O) groups excluding carboxylic acids is 2. The summed E-state index contributed by atoms with van der Waals surface area (Å²) in [6.45, 7) is 0.717. The molecule has 1 heterocycles. The Morgan fingerprint density at radius 3 is 2.75 bits per heavy atom. The number of rotatable bonds is 11. The summed E-state index contributed by atoms with van der Waals surface area (Å²) in [7, 11) is 0. The zero-order valence-electron chi connectivity index (χ0n) is 18.9. The van der Waals surface area contributed by atoms with Crippen LogP contribution in [0.15, 0.2) is 42.5 Å². The summed E-state index contributed by atoms with van der Waals surface area (Å²) in [4.78, 5) is 37.3. The molecule has 7 heteroatoms. The molecule has 7 nitrogen and oxygen atoms in total. The van der Waals surface area contributed by atoms with Crippen LogP contribution < -0.4 is 10.1 Å². The molecule has 4 rings (SSSR count). The van der Waals surface area contributed by atoms with Crippen LogP contribution in [0, 0.1) is 0 Å². The van der Waals surface area contributed by atoms with Crippen molar-refractivity contribution in [1.82, 2.24) is 4.90 Å². The van der Waals surface area contributed by atoms with Crippen LogP contribution in [-0.4, -0.2) is 40.4 Å². The number of hydrogen-bond acceptors (Lipinski definition) is 4. The molecule has 0 unspecified atom stereocenters. The molecular formula is C25H28N2O5. The van der Waals surface area contributed by atoms with Gasteiger partial charge in [-0.1, -0.05) is 18.2 Å². The van der Waals surface area contributed by atoms with Crippen molar-refractivity contribution in [3.8, 4) is 5.75 Å². The Labute approximate surface area is 188 Å². The minimum absolute atomic E-state index is 0.0837. The maximum absolute atomic E-state index is 13.4. The van der Waals surface area contributed by atoms with Gasteiger partial charge in [0.15, 0.2) is 0 Å². The number of aliphatic carboxylic acids is 1. The van der Waals surface area contributed by atoms with Gasteiger partial charge in [-0.3, -0.25) is 14.4 Å². The summed E-state index contributed by atoms with van der Waals surface area (Å²) in [5.41, 5.74) is 2.83. The van der Waals surface area contributed by atoms with Gasteiger partial charge in [0.2, 0.25) is 5.91 Å². The van der Waals surface area contributed by atoms with Gasteiger partial charge < -0.3 is 20.1 Å². The van der Waals surface area contributed by atoms with E-state index in [4.69, 9.17) is 11.2 Å². The molecule has 168 valence electrons. The normalized spacial score (nSPS) is 16.0. The highest BCUT2D eigenvalue weighted by atomic mass is 16.5. The number of para-hydroxylation sites is 1. The summed E-state index contributed by atoms with van der Waals surface area (Å²) in [6.07, 6.45) is 3.79. The molecule has 0 saturated heterocycles. The number of carboxylic acids is 1. The standard InChI is InChI=1S/C25H28N2O5/c28-23-15-19-14-17(9-12-21(19)26-23)25(31)27(20-10-11-20)16-18-6-3-4-7-22(18)32-13-5-1-2-8-24(29)30/h3-4,6-7,9,12,14,20H,1-2,5,8,10-11,13,15-16H2,(H,26,28)(H,29,30)/i20D. The molecule has 0 bridgehead atoms. The van der Waals surface area contributed by atoms with Crippen molar-refractivity contribution in [2.45, 2.75) is 57.5 Å². The van der Waals surface area contributed by atoms with E-state index in [0.29, 0.717) is 37.2 Å². The minimum atomic E-state index is -0.936. The molecule has 1 aliphatic carbocycles. The number of unbranched alkanes of at least 4 members (excludes halogenated alkanes) is 2. The van der Waals surface area contributed by atoms with Crippen molar-refractivity contribution < 1.29 is 25.6 Å². The summed E-state index contributed by atoms with van der Waals surface area (Å²) in [6, 6.07) is 11.8. The largest absolute Gasteiger partial charge is 0.493 e. The van der Waals surface area contributed by atoms with E-state index in [2.05, 4.69) is 5.32 Å². The van der Waals surface area contributed by atoms with Crippen molar-refractivity contribution in [3.63, 3.8) is 0 Å². The molecule has 1 aliphatic heterocycles. The molecule has 2 aromatic carbocycles. The van der Waals surface area contributed by atoms with Crippen LogP contribution >= 0.6 is 0 Å². The number of anilines is 1. The summed E-state index contributed by atoms with van der Waals surface area (Å²) in [5, 5.41) is 11.5. The minimum Gasteiger partial charge on any atom is -0.493 e. The van der Waals surface area contributed by atoms with Crippen molar-refractivity contribution in [3.05, 3.63) is 59.2 Å². The predicted octanol–water partition coefficient (Wildman–Crippen LogP) is 4.01. The Balaban J connectivity index is 1.45. The predicted molar refractivity (Wildman–Crippen MR) is 120 cm³/mol. The van der Waals surface area contributed by atoms with E-state index in [0.717, 1.165) is 29.7 Å². The molecule has 1 fully saturated rings. The van der Waals surface area contributed by atoms with Crippen LogP contribution in [0.3, 0.4) is 0 Å². The van der Waals surface area contributed by atoms with E-state index < -0.39 is 12.0 Å². The summed E-state index contributed by atoms with van der Waals surface area (Å²) < 4.78 is 14.6. The lowest BCUT2D eigenvalue weighted by Crippen LogP contribution is -2.32. The van der Waals surface area contributed by atoms with Crippen molar-refractivity contribution in [1.29, 1.82) is 0 Å². The molecule has 2 aliphatic rings. The number of amides is 2. The highest BCUT2D eigenvalue weighted by molar-refractivity contribution is 6.01. The van der Waals surface area contributed by atoms with Gasteiger partial charge in [-0.05, 0) is 61.9 Å². The summed E-state index contributed by atoms with van der Waals surface area (Å²) in [5.74, 6) is -0.434. The maximum atomic E-state index is 13.4. The van der Waals surface area contributed by atoms with E-state index in [9.17, 15) is 14.4 Å². The smallest absolute Gasteiger partial charge is 0.303 e. The molecule has 2 N–H and O–H groups in total. The lowest BCUT2D eigenvalue weighted by atomic mass is 10.1. The number of hydrogen-bond donors (Lipinski definition) is 2. The Morgan fingerprint density at radius 2 is 1.97 bits per heavy atom. The van der Waals surface area contributed by atoms with Gasteiger partial charge in [0.1, 0.15) is 5.75 Å². The van der Waals surface area contributed by atoms with Gasteiger partial charge in [0, 0.05) is 35.8 Å². The van der Waals surface area contributed by atoms with Gasteiger partial charge in [-0.15, -0.1) is 0 Å². The molecule has 2 aromatic rings. The quantitative estimate of drug-likeness (QED) is 0.518. The zero-order chi connectivity index (χ0) is 23.4. The first-order valence-electron chi connectivity index (χ1n) is 11.5. The molecule has 32 heavy (non-hydrogen) atoms. The third-order valence-corrected chi connectivity index (χ3v) is 5.67. The molecule has 1 saturated carbocycles. The Hall–Kier alpha value is -3.35. The molecule has 0 radical (unpaired) electrons. The Bertz CT molecular complexity index is 1070. The van der Waals surface area contributed by atoms with Gasteiger partial charge in [0.25, 0.3) is 5.91 Å². The molecule has 2 amide bonds. The Morgan fingerprint density at radius 1 is 1.16 bits per heavy atom. The summed E-state index contributed by atoms with van der Waals surface area (Å²) >= 11 is 0. The van der Waals surface area contributed by atoms with E-state index in [-0.39, 0.29) is 31.2 Å². The second kappa shape index (κ2) is 9.85. The fourth-order valence-electron chi connectivity index (χ4n) is 3.85. The fraction of sp³-hybridized carbons (Fsp3) is 0.400. The number of benzene rings is 2. The van der Waals surface area contributed by atoms with Crippen LogP contribution in [-0.2, 0) is 22.6 Å². The molecule has 0 aromatic heterocycles. The van der Waals surface area contributed by atoms with Crippen molar-refractivity contribution in [2.75, 3.05) is 11.9 Å². The molecule has 0 atom stereocenters. The number of carboxylic acid groups (broad SMARTS) is 1.